The maximum absolute atomic E-state index is 12.9. The van der Waals surface area contributed by atoms with Gasteiger partial charge in [0.25, 0.3) is 11.7 Å². The maximum Gasteiger partial charge on any atom is 0.300 e. The fraction of sp³-hybridized carbons (Fsp3) is 0.0952. The number of carbonyl (C=O) groups excluding carboxylic acids is 2. The number of aromatic nitrogens is 1. The van der Waals surface area contributed by atoms with Gasteiger partial charge in [-0.2, -0.15) is 0 Å². The normalized spacial score (nSPS) is 18.9. The molecule has 1 atom stereocenters. The fourth-order valence-corrected chi connectivity index (χ4v) is 4.29. The van der Waals surface area contributed by atoms with Crippen molar-refractivity contribution in [2.75, 3.05) is 4.90 Å². The maximum atomic E-state index is 12.9. The van der Waals surface area contributed by atoms with Crippen molar-refractivity contribution in [1.82, 2.24) is 4.98 Å². The molecule has 1 fully saturated rings. The van der Waals surface area contributed by atoms with Crippen LogP contribution in [0.4, 0.5) is 5.69 Å². The summed E-state index contributed by atoms with van der Waals surface area (Å²) in [4.78, 5) is 32.1. The molecule has 1 unspecified atom stereocenters. The van der Waals surface area contributed by atoms with Crippen molar-refractivity contribution < 1.29 is 14.7 Å². The van der Waals surface area contributed by atoms with Crippen LogP contribution in [0.3, 0.4) is 0 Å². The number of Topliss-reactive ketones (excluding diaryl/α,β-unsaturated/α-hetero) is 1. The van der Waals surface area contributed by atoms with E-state index in [0.717, 1.165) is 10.4 Å². The van der Waals surface area contributed by atoms with Gasteiger partial charge >= 0.3 is 0 Å². The number of aliphatic hydroxyl groups excluding tert-OH is 1. The Kier molecular flexibility index (Phi) is 4.33. The number of aliphatic hydroxyl groups is 1. The molecule has 0 saturated carbocycles. The van der Waals surface area contributed by atoms with Gasteiger partial charge < -0.3 is 5.11 Å². The molecule has 1 N–H and O–H groups in total. The van der Waals surface area contributed by atoms with Crippen LogP contribution in [0.15, 0.2) is 71.9 Å². The Morgan fingerprint density at radius 1 is 1.07 bits per heavy atom. The topological polar surface area (TPSA) is 70.5 Å². The van der Waals surface area contributed by atoms with Crippen molar-refractivity contribution in [2.24, 2.45) is 0 Å². The third kappa shape index (κ3) is 2.84. The van der Waals surface area contributed by atoms with Crippen LogP contribution in [0.2, 0.25) is 0 Å². The Morgan fingerprint density at radius 3 is 2.41 bits per heavy atom. The van der Waals surface area contributed by atoms with Crippen LogP contribution in [0.5, 0.6) is 0 Å². The lowest BCUT2D eigenvalue weighted by Gasteiger charge is -2.24. The van der Waals surface area contributed by atoms with E-state index in [4.69, 9.17) is 0 Å². The molecular weight excluding hydrogens is 360 g/mol. The van der Waals surface area contributed by atoms with Crippen LogP contribution >= 0.6 is 11.3 Å². The highest BCUT2D eigenvalue weighted by atomic mass is 32.1. The molecule has 0 bridgehead atoms. The number of nitrogens with zero attached hydrogens (tertiary/aromatic N) is 2. The SMILES string of the molecule is Cc1ccsc1C1/C(=C(/O)c2ccncc2)C(=O)C(=O)N1c1ccccc1. The summed E-state index contributed by atoms with van der Waals surface area (Å²) in [6, 6.07) is 13.6. The first kappa shape index (κ1) is 17.2. The number of aryl methyl sites for hydroxylation is 1. The van der Waals surface area contributed by atoms with Gasteiger partial charge in [-0.25, -0.2) is 0 Å². The van der Waals surface area contributed by atoms with Gasteiger partial charge in [-0.3, -0.25) is 19.5 Å². The molecule has 3 aromatic rings. The molecule has 3 heterocycles. The zero-order valence-electron chi connectivity index (χ0n) is 14.5. The van der Waals surface area contributed by atoms with Crippen LogP contribution < -0.4 is 4.90 Å². The lowest BCUT2D eigenvalue weighted by Crippen LogP contribution is -2.29. The van der Waals surface area contributed by atoms with Gasteiger partial charge in [-0.1, -0.05) is 18.2 Å². The van der Waals surface area contributed by atoms with Crippen LogP contribution in [0.25, 0.3) is 5.76 Å². The highest BCUT2D eigenvalue weighted by Gasteiger charge is 2.47. The summed E-state index contributed by atoms with van der Waals surface area (Å²) in [5.74, 6) is -1.52. The molecule has 2 aromatic heterocycles. The number of amides is 1. The summed E-state index contributed by atoms with van der Waals surface area (Å²) >= 11 is 1.46. The molecule has 1 amide bonds. The van der Waals surface area contributed by atoms with Crippen molar-refractivity contribution in [3.63, 3.8) is 0 Å². The molecule has 5 nitrogen and oxygen atoms in total. The minimum Gasteiger partial charge on any atom is -0.507 e. The van der Waals surface area contributed by atoms with E-state index < -0.39 is 17.7 Å². The Balaban J connectivity index is 1.96. The molecular formula is C21H16N2O3S. The summed E-state index contributed by atoms with van der Waals surface area (Å²) in [6.07, 6.45) is 3.07. The second-order valence-electron chi connectivity index (χ2n) is 6.21. The van der Waals surface area contributed by atoms with Gasteiger partial charge in [-0.05, 0) is 48.2 Å². The van der Waals surface area contributed by atoms with E-state index in [1.807, 2.05) is 36.6 Å². The average Bonchev–Trinajstić information content (AvgIpc) is 3.23. The predicted octanol–water partition coefficient (Wildman–Crippen LogP) is 4.08. The smallest absolute Gasteiger partial charge is 0.300 e. The number of rotatable bonds is 3. The largest absolute Gasteiger partial charge is 0.507 e. The van der Waals surface area contributed by atoms with E-state index in [9.17, 15) is 14.7 Å². The Hall–Kier alpha value is -3.25. The lowest BCUT2D eigenvalue weighted by atomic mass is 9.98. The van der Waals surface area contributed by atoms with E-state index >= 15 is 0 Å². The minimum absolute atomic E-state index is 0.0978. The molecule has 0 radical (unpaired) electrons. The van der Waals surface area contributed by atoms with Crippen molar-refractivity contribution in [3.05, 3.63) is 87.9 Å². The summed E-state index contributed by atoms with van der Waals surface area (Å²) in [6.45, 7) is 1.93. The third-order valence-corrected chi connectivity index (χ3v) is 5.65. The first-order chi connectivity index (χ1) is 13.1. The number of hydrogen-bond donors (Lipinski definition) is 1. The number of thiophene rings is 1. The zero-order chi connectivity index (χ0) is 19.0. The van der Waals surface area contributed by atoms with Crippen molar-refractivity contribution in [3.8, 4) is 0 Å². The second-order valence-corrected chi connectivity index (χ2v) is 7.16. The molecule has 1 saturated heterocycles. The standard InChI is InChI=1S/C21H16N2O3S/c1-13-9-12-27-20(13)17-16(18(24)14-7-10-22-11-8-14)19(25)21(26)23(17)15-5-3-2-4-6-15/h2-12,17,24H,1H3/b18-16-. The van der Waals surface area contributed by atoms with Gasteiger partial charge in [0.05, 0.1) is 5.57 Å². The van der Waals surface area contributed by atoms with Crippen LogP contribution in [-0.2, 0) is 9.59 Å². The molecule has 134 valence electrons. The summed E-state index contributed by atoms with van der Waals surface area (Å²) < 4.78 is 0. The van der Waals surface area contributed by atoms with E-state index in [2.05, 4.69) is 4.98 Å². The van der Waals surface area contributed by atoms with Crippen molar-refractivity contribution >= 4 is 34.5 Å². The van der Waals surface area contributed by atoms with Gasteiger partial charge in [0.2, 0.25) is 0 Å². The van der Waals surface area contributed by atoms with E-state index in [1.165, 1.54) is 28.6 Å². The van der Waals surface area contributed by atoms with Gasteiger partial charge in [-0.15, -0.1) is 11.3 Å². The molecule has 27 heavy (non-hydrogen) atoms. The van der Waals surface area contributed by atoms with Gasteiger partial charge in [0.1, 0.15) is 11.8 Å². The molecule has 4 rings (SSSR count). The number of para-hydroxylation sites is 1. The molecule has 0 spiro atoms. The zero-order valence-corrected chi connectivity index (χ0v) is 15.3. The Morgan fingerprint density at radius 2 is 1.78 bits per heavy atom. The summed E-state index contributed by atoms with van der Waals surface area (Å²) in [7, 11) is 0. The number of anilines is 1. The monoisotopic (exact) mass is 376 g/mol. The highest BCUT2D eigenvalue weighted by Crippen LogP contribution is 2.44. The van der Waals surface area contributed by atoms with Gasteiger partial charge in [0.15, 0.2) is 0 Å². The Bertz CT molecular complexity index is 1040. The van der Waals surface area contributed by atoms with Crippen molar-refractivity contribution in [2.45, 2.75) is 13.0 Å². The van der Waals surface area contributed by atoms with E-state index in [0.29, 0.717) is 11.3 Å². The Labute approximate surface area is 160 Å². The third-order valence-electron chi connectivity index (χ3n) is 4.58. The number of hydrogen-bond acceptors (Lipinski definition) is 5. The number of ketones is 1. The van der Waals surface area contributed by atoms with Crippen LogP contribution in [-0.4, -0.2) is 21.8 Å². The number of benzene rings is 1. The first-order valence-corrected chi connectivity index (χ1v) is 9.28. The van der Waals surface area contributed by atoms with E-state index in [-0.39, 0.29) is 11.3 Å². The van der Waals surface area contributed by atoms with Crippen molar-refractivity contribution in [1.29, 1.82) is 0 Å². The summed E-state index contributed by atoms with van der Waals surface area (Å²) in [5.41, 5.74) is 2.13. The predicted molar refractivity (Wildman–Crippen MR) is 105 cm³/mol. The molecule has 1 aliphatic heterocycles. The lowest BCUT2D eigenvalue weighted by molar-refractivity contribution is -0.132. The summed E-state index contributed by atoms with van der Waals surface area (Å²) in [5, 5.41) is 12.8. The first-order valence-electron chi connectivity index (χ1n) is 8.40. The van der Waals surface area contributed by atoms with Gasteiger partial charge in [0, 0.05) is 28.5 Å². The quantitative estimate of drug-likeness (QED) is 0.425. The minimum atomic E-state index is -0.689. The number of pyridine rings is 1. The molecule has 6 heteroatoms. The highest BCUT2D eigenvalue weighted by molar-refractivity contribution is 7.10. The molecule has 1 aromatic carbocycles. The van der Waals surface area contributed by atoms with E-state index in [1.54, 1.807) is 24.3 Å². The molecule has 1 aliphatic rings. The fourth-order valence-electron chi connectivity index (χ4n) is 3.27. The van der Waals surface area contributed by atoms with Crippen LogP contribution in [0.1, 0.15) is 22.0 Å². The second kappa shape index (κ2) is 6.81. The molecule has 0 aliphatic carbocycles. The van der Waals surface area contributed by atoms with Crippen LogP contribution in [0, 0.1) is 6.92 Å². The average molecular weight is 376 g/mol. The number of carbonyl (C=O) groups is 2.